The van der Waals surface area contributed by atoms with E-state index in [4.69, 9.17) is 16.3 Å². The van der Waals surface area contributed by atoms with Crippen molar-refractivity contribution in [3.05, 3.63) is 102 Å². The molecule has 158 valence electrons. The number of allylic oxidation sites excluding steroid dienone is 1. The average Bonchev–Trinajstić information content (AvgIpc) is 3.02. The van der Waals surface area contributed by atoms with Crippen molar-refractivity contribution in [3.63, 3.8) is 0 Å². The van der Waals surface area contributed by atoms with Crippen LogP contribution in [0.5, 0.6) is 0 Å². The largest absolute Gasteiger partial charge is 0.459 e. The lowest BCUT2D eigenvalue weighted by molar-refractivity contribution is -0.143. The first-order valence-corrected chi connectivity index (χ1v) is 11.1. The van der Waals surface area contributed by atoms with E-state index in [9.17, 15) is 9.59 Å². The molecule has 1 aliphatic heterocycles. The predicted molar refractivity (Wildman–Crippen MR) is 123 cm³/mol. The summed E-state index contributed by atoms with van der Waals surface area (Å²) in [6.45, 7) is 5.33. The van der Waals surface area contributed by atoms with Crippen LogP contribution in [0.25, 0.3) is 6.08 Å². The van der Waals surface area contributed by atoms with Gasteiger partial charge in [-0.25, -0.2) is 9.79 Å². The Hall–Kier alpha value is -2.96. The quantitative estimate of drug-likeness (QED) is 0.565. The molecule has 0 N–H and O–H groups in total. The van der Waals surface area contributed by atoms with Crippen molar-refractivity contribution in [2.24, 2.45) is 4.99 Å². The lowest BCUT2D eigenvalue weighted by atomic mass is 9.96. The van der Waals surface area contributed by atoms with Gasteiger partial charge in [-0.05, 0) is 44.0 Å². The molecule has 0 aliphatic carbocycles. The Morgan fingerprint density at radius 3 is 2.52 bits per heavy atom. The van der Waals surface area contributed by atoms with Crippen molar-refractivity contribution < 1.29 is 9.53 Å². The van der Waals surface area contributed by atoms with E-state index in [2.05, 4.69) is 4.99 Å². The van der Waals surface area contributed by atoms with Crippen molar-refractivity contribution >= 4 is 35.0 Å². The number of carbonyl (C=O) groups is 1. The second-order valence-corrected chi connectivity index (χ2v) is 8.88. The molecule has 0 bridgehead atoms. The molecule has 0 saturated carbocycles. The smallest absolute Gasteiger partial charge is 0.338 e. The zero-order chi connectivity index (χ0) is 22.1. The molecule has 0 radical (unpaired) electrons. The Kier molecular flexibility index (Phi) is 5.94. The van der Waals surface area contributed by atoms with Crippen molar-refractivity contribution in [2.45, 2.75) is 32.9 Å². The number of benzene rings is 2. The molecule has 0 fully saturated rings. The molecule has 4 rings (SSSR count). The molecule has 5 nitrogen and oxygen atoms in total. The highest BCUT2D eigenvalue weighted by Crippen LogP contribution is 2.34. The Morgan fingerprint density at radius 1 is 1.16 bits per heavy atom. The van der Waals surface area contributed by atoms with Crippen molar-refractivity contribution in [1.29, 1.82) is 0 Å². The number of ether oxygens (including phenoxy) is 1. The van der Waals surface area contributed by atoms with Gasteiger partial charge in [-0.3, -0.25) is 9.36 Å². The van der Waals surface area contributed by atoms with Gasteiger partial charge < -0.3 is 4.74 Å². The third kappa shape index (κ3) is 4.13. The molecule has 0 saturated heterocycles. The van der Waals surface area contributed by atoms with Crippen LogP contribution >= 0.6 is 22.9 Å². The third-order valence-electron chi connectivity index (χ3n) is 4.88. The summed E-state index contributed by atoms with van der Waals surface area (Å²) >= 11 is 7.80. The van der Waals surface area contributed by atoms with Gasteiger partial charge in [0.15, 0.2) is 4.80 Å². The minimum Gasteiger partial charge on any atom is -0.459 e. The number of esters is 1. The minimum absolute atomic E-state index is 0.222. The second-order valence-electron chi connectivity index (χ2n) is 7.47. The molecule has 1 unspecified atom stereocenters. The first kappa shape index (κ1) is 21.3. The molecule has 2 heterocycles. The van der Waals surface area contributed by atoms with E-state index in [0.29, 0.717) is 31.2 Å². The molecule has 3 aromatic rings. The highest BCUT2D eigenvalue weighted by atomic mass is 35.5. The standard InChI is InChI=1S/C24H21ClN2O3S/c1-14(2)30-23(29)20-15(3)26-24-27(21(20)17-11-7-8-12-18(17)25)22(28)19(31-24)13-16-9-5-4-6-10-16/h4-14,21H,1-3H3. The Labute approximate surface area is 188 Å². The molecule has 1 atom stereocenters. The maximum atomic E-state index is 13.5. The fraction of sp³-hybridized carbons (Fsp3) is 0.208. The van der Waals surface area contributed by atoms with Crippen LogP contribution in [0, 0.1) is 0 Å². The summed E-state index contributed by atoms with van der Waals surface area (Å²) < 4.78 is 7.57. The number of thiazole rings is 1. The van der Waals surface area contributed by atoms with Gasteiger partial charge in [-0.2, -0.15) is 0 Å². The van der Waals surface area contributed by atoms with E-state index >= 15 is 0 Å². The van der Waals surface area contributed by atoms with Crippen LogP contribution < -0.4 is 14.9 Å². The first-order chi connectivity index (χ1) is 14.9. The lowest BCUT2D eigenvalue weighted by Crippen LogP contribution is -2.40. The van der Waals surface area contributed by atoms with Crippen LogP contribution in [0.15, 0.2) is 75.7 Å². The van der Waals surface area contributed by atoms with Crippen molar-refractivity contribution in [2.75, 3.05) is 0 Å². The number of halogens is 1. The van der Waals surface area contributed by atoms with Crippen LogP contribution in [0.4, 0.5) is 0 Å². The fourth-order valence-corrected chi connectivity index (χ4v) is 4.84. The summed E-state index contributed by atoms with van der Waals surface area (Å²) in [6, 6.07) is 16.1. The summed E-state index contributed by atoms with van der Waals surface area (Å²) in [5, 5.41) is 0.467. The van der Waals surface area contributed by atoms with Gasteiger partial charge in [0.1, 0.15) is 6.04 Å². The number of aromatic nitrogens is 1. The predicted octanol–water partition coefficient (Wildman–Crippen LogP) is 3.84. The third-order valence-corrected chi connectivity index (χ3v) is 6.21. The molecule has 0 amide bonds. The molecule has 31 heavy (non-hydrogen) atoms. The summed E-state index contributed by atoms with van der Waals surface area (Å²) in [4.78, 5) is 31.6. The molecule has 1 aromatic heterocycles. The Bertz CT molecular complexity index is 1350. The SMILES string of the molecule is CC1=C(C(=O)OC(C)C)C(c2ccccc2Cl)n2c(sc(=Cc3ccccc3)c2=O)=N1. The van der Waals surface area contributed by atoms with Gasteiger partial charge >= 0.3 is 5.97 Å². The molecule has 7 heteroatoms. The van der Waals surface area contributed by atoms with Gasteiger partial charge in [0.2, 0.25) is 0 Å². The number of hydrogen-bond donors (Lipinski definition) is 0. The van der Waals surface area contributed by atoms with Gasteiger partial charge in [0, 0.05) is 5.02 Å². The van der Waals surface area contributed by atoms with Crippen LogP contribution in [0.3, 0.4) is 0 Å². The Balaban J connectivity index is 1.98. The molecule has 2 aromatic carbocycles. The highest BCUT2D eigenvalue weighted by molar-refractivity contribution is 7.07. The van der Waals surface area contributed by atoms with Crippen molar-refractivity contribution in [3.8, 4) is 0 Å². The average molecular weight is 453 g/mol. The van der Waals surface area contributed by atoms with Crippen molar-refractivity contribution in [1.82, 2.24) is 4.57 Å². The lowest BCUT2D eigenvalue weighted by Gasteiger charge is -2.26. The normalized spacial score (nSPS) is 16.3. The van der Waals surface area contributed by atoms with Crippen LogP contribution in [0.2, 0.25) is 5.02 Å². The topological polar surface area (TPSA) is 60.7 Å². The van der Waals surface area contributed by atoms with E-state index < -0.39 is 12.0 Å². The number of nitrogens with zero attached hydrogens (tertiary/aromatic N) is 2. The maximum Gasteiger partial charge on any atom is 0.338 e. The summed E-state index contributed by atoms with van der Waals surface area (Å²) in [6.07, 6.45) is 1.53. The zero-order valence-corrected chi connectivity index (χ0v) is 18.9. The monoisotopic (exact) mass is 452 g/mol. The Morgan fingerprint density at radius 2 is 1.84 bits per heavy atom. The van der Waals surface area contributed by atoms with Crippen LogP contribution in [0.1, 0.15) is 37.9 Å². The summed E-state index contributed by atoms with van der Waals surface area (Å²) in [7, 11) is 0. The fourth-order valence-electron chi connectivity index (χ4n) is 3.55. The number of fused-ring (bicyclic) bond motifs is 1. The number of carbonyl (C=O) groups excluding carboxylic acids is 1. The van der Waals surface area contributed by atoms with E-state index in [-0.39, 0.29) is 11.7 Å². The van der Waals surface area contributed by atoms with Gasteiger partial charge in [-0.15, -0.1) is 0 Å². The highest BCUT2D eigenvalue weighted by Gasteiger charge is 2.34. The number of hydrogen-bond acceptors (Lipinski definition) is 5. The van der Waals surface area contributed by atoms with E-state index in [1.165, 1.54) is 11.3 Å². The summed E-state index contributed by atoms with van der Waals surface area (Å²) in [5.41, 5.74) is 2.18. The second kappa shape index (κ2) is 8.65. The van der Waals surface area contributed by atoms with Crippen LogP contribution in [-0.4, -0.2) is 16.6 Å². The maximum absolute atomic E-state index is 13.5. The van der Waals surface area contributed by atoms with Gasteiger partial charge in [0.05, 0.1) is 21.9 Å². The first-order valence-electron chi connectivity index (χ1n) is 9.90. The van der Waals surface area contributed by atoms with Crippen LogP contribution in [-0.2, 0) is 9.53 Å². The molecular formula is C24H21ClN2O3S. The van der Waals surface area contributed by atoms with E-state index in [0.717, 1.165) is 5.56 Å². The minimum atomic E-state index is -0.714. The summed E-state index contributed by atoms with van der Waals surface area (Å²) in [5.74, 6) is -0.501. The number of rotatable bonds is 4. The molecule has 1 aliphatic rings. The van der Waals surface area contributed by atoms with Gasteiger partial charge in [0.25, 0.3) is 5.56 Å². The van der Waals surface area contributed by atoms with Gasteiger partial charge in [-0.1, -0.05) is 71.5 Å². The van der Waals surface area contributed by atoms with E-state index in [1.807, 2.05) is 54.6 Å². The molecule has 0 spiro atoms. The zero-order valence-electron chi connectivity index (χ0n) is 17.3. The van der Waals surface area contributed by atoms with E-state index in [1.54, 1.807) is 31.4 Å². The molecular weight excluding hydrogens is 432 g/mol.